The molecule has 1 unspecified atom stereocenters. The highest BCUT2D eigenvalue weighted by molar-refractivity contribution is 6.03. The minimum atomic E-state index is -0.600. The van der Waals surface area contributed by atoms with Gasteiger partial charge in [-0.25, -0.2) is 0 Å². The van der Waals surface area contributed by atoms with Gasteiger partial charge in [0.15, 0.2) is 0 Å². The predicted octanol–water partition coefficient (Wildman–Crippen LogP) is 16.1. The minimum Gasteiger partial charge on any atom is -0.310 e. The van der Waals surface area contributed by atoms with Gasteiger partial charge in [0.25, 0.3) is 0 Å². The zero-order valence-corrected chi connectivity index (χ0v) is 34.7. The monoisotopic (exact) mass is 799 g/mol. The molecule has 10 aromatic carbocycles. The standard InChI is InChI=1S/C62H41N/c1-3-15-41(16-4-1)42-27-29-43(30-28-42)44-31-34-48(35-32-44)63(47-18-5-2-6-19-47)49-36-37-54-52-22-10-9-21-51(52)53-23-11-13-25-56(53)62(59(54)40-49)57-26-14-12-24-55(57)61-58(62)38-33-46-39-45-17-7-8-20-50(45)60(46)61/h1-38,40H,39H2. The molecule has 1 heteroatoms. The number of hydrogen-bond acceptors (Lipinski definition) is 1. The molecular weight excluding hydrogens is 759 g/mol. The average molecular weight is 800 g/mol. The van der Waals surface area contributed by atoms with E-state index in [9.17, 15) is 0 Å². The lowest BCUT2D eigenvalue weighted by Crippen LogP contribution is -2.29. The van der Waals surface area contributed by atoms with E-state index >= 15 is 0 Å². The first-order valence-electron chi connectivity index (χ1n) is 22.1. The molecule has 0 heterocycles. The maximum Gasteiger partial charge on any atom is 0.0726 e. The predicted molar refractivity (Wildman–Crippen MR) is 262 cm³/mol. The molecule has 0 radical (unpaired) electrons. The molecule has 0 bridgehead atoms. The first kappa shape index (κ1) is 35.7. The SMILES string of the molecule is c1ccc(-c2ccc(-c3ccc(N(c4ccccc4)c4ccc5c(c4)C4(c6ccccc6-c6ccccc6-5)c5ccccc5-c5c4ccc4c5-c5ccccc5C4)cc3)cc2)cc1. The summed E-state index contributed by atoms with van der Waals surface area (Å²) in [4.78, 5) is 2.43. The van der Waals surface area contributed by atoms with Gasteiger partial charge < -0.3 is 4.90 Å². The van der Waals surface area contributed by atoms with Gasteiger partial charge in [-0.05, 0) is 143 Å². The van der Waals surface area contributed by atoms with Crippen molar-refractivity contribution in [2.75, 3.05) is 4.90 Å². The maximum atomic E-state index is 2.52. The zero-order chi connectivity index (χ0) is 41.5. The second kappa shape index (κ2) is 14.0. The summed E-state index contributed by atoms with van der Waals surface area (Å²) >= 11 is 0. The Morgan fingerprint density at radius 1 is 0.270 bits per heavy atom. The van der Waals surface area contributed by atoms with Gasteiger partial charge in [0.2, 0.25) is 0 Å². The molecule has 1 nitrogen and oxygen atoms in total. The third kappa shape index (κ3) is 5.30. The van der Waals surface area contributed by atoms with Crippen molar-refractivity contribution in [3.8, 4) is 66.8 Å². The van der Waals surface area contributed by atoms with E-state index < -0.39 is 5.41 Å². The molecular formula is C62H41N. The van der Waals surface area contributed by atoms with Crippen LogP contribution in [0.1, 0.15) is 33.4 Å². The van der Waals surface area contributed by atoms with Gasteiger partial charge in [0.05, 0.1) is 5.41 Å². The third-order valence-corrected chi connectivity index (χ3v) is 13.9. The quantitative estimate of drug-likeness (QED) is 0.168. The van der Waals surface area contributed by atoms with E-state index in [2.05, 4.69) is 241 Å². The van der Waals surface area contributed by atoms with Crippen LogP contribution in [0.4, 0.5) is 17.1 Å². The molecule has 0 aliphatic heterocycles. The highest BCUT2D eigenvalue weighted by Gasteiger charge is 2.51. The summed E-state index contributed by atoms with van der Waals surface area (Å²) in [5.74, 6) is 0. The van der Waals surface area contributed by atoms with Crippen LogP contribution >= 0.6 is 0 Å². The summed E-state index contributed by atoms with van der Waals surface area (Å²) in [5.41, 5.74) is 26.2. The Morgan fingerprint density at radius 2 is 0.746 bits per heavy atom. The number of para-hydroxylation sites is 1. The molecule has 0 saturated heterocycles. The molecule has 13 rings (SSSR count). The second-order valence-electron chi connectivity index (χ2n) is 17.1. The third-order valence-electron chi connectivity index (χ3n) is 13.9. The van der Waals surface area contributed by atoms with Gasteiger partial charge in [-0.15, -0.1) is 0 Å². The highest BCUT2D eigenvalue weighted by Crippen LogP contribution is 2.64. The van der Waals surface area contributed by atoms with Crippen LogP contribution in [-0.4, -0.2) is 0 Å². The molecule has 0 amide bonds. The minimum absolute atomic E-state index is 0.600. The van der Waals surface area contributed by atoms with Crippen molar-refractivity contribution in [3.05, 3.63) is 270 Å². The summed E-state index contributed by atoms with van der Waals surface area (Å²) in [5, 5.41) is 0. The van der Waals surface area contributed by atoms with Gasteiger partial charge in [-0.2, -0.15) is 0 Å². The Kier molecular flexibility index (Phi) is 7.95. The first-order chi connectivity index (χ1) is 31.3. The Bertz CT molecular complexity index is 3400. The molecule has 0 aromatic heterocycles. The molecule has 63 heavy (non-hydrogen) atoms. The van der Waals surface area contributed by atoms with E-state index in [-0.39, 0.29) is 0 Å². The summed E-state index contributed by atoms with van der Waals surface area (Å²) in [6.07, 6.45) is 0.959. The van der Waals surface area contributed by atoms with E-state index in [1.807, 2.05) is 0 Å². The molecule has 1 spiro atoms. The fourth-order valence-electron chi connectivity index (χ4n) is 11.2. The Morgan fingerprint density at radius 3 is 1.43 bits per heavy atom. The van der Waals surface area contributed by atoms with Gasteiger partial charge in [-0.1, -0.05) is 200 Å². The lowest BCUT2D eigenvalue weighted by atomic mass is 9.65. The van der Waals surface area contributed by atoms with Crippen molar-refractivity contribution in [1.29, 1.82) is 0 Å². The van der Waals surface area contributed by atoms with E-state index in [0.717, 1.165) is 23.5 Å². The zero-order valence-electron chi connectivity index (χ0n) is 34.7. The number of fused-ring (bicyclic) bond motifs is 16. The van der Waals surface area contributed by atoms with Crippen molar-refractivity contribution in [3.63, 3.8) is 0 Å². The van der Waals surface area contributed by atoms with Crippen LogP contribution in [0, 0.1) is 0 Å². The van der Waals surface area contributed by atoms with Gasteiger partial charge >= 0.3 is 0 Å². The fourth-order valence-corrected chi connectivity index (χ4v) is 11.2. The Balaban J connectivity index is 1.05. The summed E-state index contributed by atoms with van der Waals surface area (Å²) in [6.45, 7) is 0. The molecule has 294 valence electrons. The van der Waals surface area contributed by atoms with Gasteiger partial charge in [0.1, 0.15) is 0 Å². The second-order valence-corrected chi connectivity index (χ2v) is 17.1. The number of hydrogen-bond donors (Lipinski definition) is 0. The summed E-state index contributed by atoms with van der Waals surface area (Å²) < 4.78 is 0. The van der Waals surface area contributed by atoms with Crippen LogP contribution in [-0.2, 0) is 11.8 Å². The van der Waals surface area contributed by atoms with Gasteiger partial charge in [0, 0.05) is 17.1 Å². The molecule has 3 aliphatic carbocycles. The number of rotatable bonds is 5. The first-order valence-corrected chi connectivity index (χ1v) is 22.1. The molecule has 0 fully saturated rings. The van der Waals surface area contributed by atoms with Crippen molar-refractivity contribution in [2.24, 2.45) is 0 Å². The fraction of sp³-hybridized carbons (Fsp3) is 0.0323. The van der Waals surface area contributed by atoms with Gasteiger partial charge in [-0.3, -0.25) is 0 Å². The van der Waals surface area contributed by atoms with E-state index in [1.54, 1.807) is 0 Å². The maximum absolute atomic E-state index is 2.52. The van der Waals surface area contributed by atoms with E-state index in [0.29, 0.717) is 0 Å². The molecule has 1 atom stereocenters. The topological polar surface area (TPSA) is 3.24 Å². The molecule has 10 aromatic rings. The normalized spacial score (nSPS) is 14.7. The van der Waals surface area contributed by atoms with Crippen LogP contribution in [0.25, 0.3) is 66.8 Å². The largest absolute Gasteiger partial charge is 0.310 e. The van der Waals surface area contributed by atoms with Crippen LogP contribution < -0.4 is 4.90 Å². The van der Waals surface area contributed by atoms with Crippen molar-refractivity contribution < 1.29 is 0 Å². The summed E-state index contributed by atoms with van der Waals surface area (Å²) in [6, 6.07) is 88.1. The van der Waals surface area contributed by atoms with Crippen molar-refractivity contribution in [1.82, 2.24) is 0 Å². The highest BCUT2D eigenvalue weighted by atomic mass is 15.1. The van der Waals surface area contributed by atoms with Crippen molar-refractivity contribution >= 4 is 17.1 Å². The lowest BCUT2D eigenvalue weighted by Gasteiger charge is -2.36. The van der Waals surface area contributed by atoms with Crippen LogP contribution in [0.5, 0.6) is 0 Å². The van der Waals surface area contributed by atoms with Crippen LogP contribution in [0.2, 0.25) is 0 Å². The number of benzene rings is 10. The number of anilines is 3. The molecule has 0 saturated carbocycles. The summed E-state index contributed by atoms with van der Waals surface area (Å²) in [7, 11) is 0. The average Bonchev–Trinajstić information content (AvgIpc) is 3.85. The molecule has 0 N–H and O–H groups in total. The Hall–Kier alpha value is -8.00. The lowest BCUT2D eigenvalue weighted by molar-refractivity contribution is 0.775. The molecule has 3 aliphatic rings. The van der Waals surface area contributed by atoms with Crippen molar-refractivity contribution in [2.45, 2.75) is 11.8 Å². The van der Waals surface area contributed by atoms with Crippen LogP contribution in [0.15, 0.2) is 237 Å². The van der Waals surface area contributed by atoms with E-state index in [1.165, 1.54) is 100 Å². The van der Waals surface area contributed by atoms with E-state index in [4.69, 9.17) is 0 Å². The Labute approximate surface area is 368 Å². The number of nitrogens with zero attached hydrogens (tertiary/aromatic N) is 1. The van der Waals surface area contributed by atoms with Crippen LogP contribution in [0.3, 0.4) is 0 Å². The smallest absolute Gasteiger partial charge is 0.0726 e.